The first-order valence-corrected chi connectivity index (χ1v) is 7.18. The maximum atomic E-state index is 12.6. The molecule has 2 aromatic rings. The SMILES string of the molecule is C[C@@](O)(CNC(=O)Nc1cccc(C(F)(F)F)c1)c1ccccc1. The van der Waals surface area contributed by atoms with Crippen molar-refractivity contribution in [1.82, 2.24) is 5.32 Å². The van der Waals surface area contributed by atoms with Crippen LogP contribution >= 0.6 is 0 Å². The molecule has 1 atom stereocenters. The van der Waals surface area contributed by atoms with Crippen LogP contribution in [0.1, 0.15) is 18.1 Å². The summed E-state index contributed by atoms with van der Waals surface area (Å²) in [7, 11) is 0. The second-order valence-corrected chi connectivity index (χ2v) is 5.53. The number of urea groups is 1. The van der Waals surface area contributed by atoms with E-state index in [1.54, 1.807) is 30.3 Å². The fourth-order valence-electron chi connectivity index (χ4n) is 2.10. The summed E-state index contributed by atoms with van der Waals surface area (Å²) in [6.07, 6.45) is -4.48. The van der Waals surface area contributed by atoms with Crippen LogP contribution in [0.3, 0.4) is 0 Å². The zero-order valence-corrected chi connectivity index (χ0v) is 12.9. The molecule has 0 saturated carbocycles. The number of aliphatic hydroxyl groups is 1. The third-order valence-corrected chi connectivity index (χ3v) is 3.44. The standard InChI is InChI=1S/C17H17F3N2O2/c1-16(24,12-6-3-2-4-7-12)11-21-15(23)22-14-9-5-8-13(10-14)17(18,19)20/h2-10,24H,11H2,1H3,(H2,21,22,23)/t16-/m1/s1. The fraction of sp³-hybridized carbons (Fsp3) is 0.235. The Morgan fingerprint density at radius 2 is 1.67 bits per heavy atom. The quantitative estimate of drug-likeness (QED) is 0.795. The zero-order valence-electron chi connectivity index (χ0n) is 12.9. The van der Waals surface area contributed by atoms with Crippen molar-refractivity contribution < 1.29 is 23.1 Å². The van der Waals surface area contributed by atoms with E-state index in [1.165, 1.54) is 19.1 Å². The van der Waals surface area contributed by atoms with E-state index >= 15 is 0 Å². The van der Waals surface area contributed by atoms with Gasteiger partial charge in [0.05, 0.1) is 12.1 Å². The van der Waals surface area contributed by atoms with Crippen molar-refractivity contribution in [3.63, 3.8) is 0 Å². The van der Waals surface area contributed by atoms with Crippen molar-refractivity contribution in [2.75, 3.05) is 11.9 Å². The van der Waals surface area contributed by atoms with Crippen molar-refractivity contribution >= 4 is 11.7 Å². The van der Waals surface area contributed by atoms with Crippen LogP contribution < -0.4 is 10.6 Å². The summed E-state index contributed by atoms with van der Waals surface area (Å²) in [5, 5.41) is 15.1. The van der Waals surface area contributed by atoms with Crippen LogP contribution in [-0.4, -0.2) is 17.7 Å². The Labute approximate surface area is 137 Å². The Balaban J connectivity index is 1.97. The molecule has 4 nitrogen and oxygen atoms in total. The number of alkyl halides is 3. The number of halogens is 3. The Morgan fingerprint density at radius 1 is 1.04 bits per heavy atom. The average Bonchev–Trinajstić information content (AvgIpc) is 2.53. The van der Waals surface area contributed by atoms with Crippen molar-refractivity contribution in [3.8, 4) is 0 Å². The number of hydrogen-bond acceptors (Lipinski definition) is 2. The van der Waals surface area contributed by atoms with Gasteiger partial charge >= 0.3 is 12.2 Å². The first-order valence-electron chi connectivity index (χ1n) is 7.18. The Hall–Kier alpha value is -2.54. The van der Waals surface area contributed by atoms with E-state index in [0.717, 1.165) is 12.1 Å². The molecule has 0 heterocycles. The van der Waals surface area contributed by atoms with Gasteiger partial charge in [-0.15, -0.1) is 0 Å². The van der Waals surface area contributed by atoms with E-state index in [4.69, 9.17) is 0 Å². The number of hydrogen-bond donors (Lipinski definition) is 3. The molecule has 0 spiro atoms. The predicted octanol–water partition coefficient (Wildman–Crippen LogP) is 3.73. The van der Waals surface area contributed by atoms with Gasteiger partial charge in [-0.3, -0.25) is 0 Å². The fourth-order valence-corrected chi connectivity index (χ4v) is 2.10. The molecule has 2 aromatic carbocycles. The average molecular weight is 338 g/mol. The number of benzene rings is 2. The normalized spacial score (nSPS) is 13.9. The topological polar surface area (TPSA) is 61.4 Å². The van der Waals surface area contributed by atoms with Crippen LogP contribution in [0.15, 0.2) is 54.6 Å². The molecular weight excluding hydrogens is 321 g/mol. The van der Waals surface area contributed by atoms with Crippen molar-refractivity contribution in [1.29, 1.82) is 0 Å². The van der Waals surface area contributed by atoms with Gasteiger partial charge in [0.1, 0.15) is 5.60 Å². The van der Waals surface area contributed by atoms with Crippen molar-refractivity contribution in [2.45, 2.75) is 18.7 Å². The molecule has 0 aliphatic carbocycles. The van der Waals surface area contributed by atoms with Crippen LogP contribution in [-0.2, 0) is 11.8 Å². The van der Waals surface area contributed by atoms with Gasteiger partial charge in [-0.1, -0.05) is 36.4 Å². The van der Waals surface area contributed by atoms with Gasteiger partial charge in [0.2, 0.25) is 0 Å². The van der Waals surface area contributed by atoms with Gasteiger partial charge in [-0.05, 0) is 30.7 Å². The number of amides is 2. The third-order valence-electron chi connectivity index (χ3n) is 3.44. The Kier molecular flexibility index (Phi) is 5.14. The minimum Gasteiger partial charge on any atom is -0.384 e. The lowest BCUT2D eigenvalue weighted by atomic mass is 9.96. The van der Waals surface area contributed by atoms with E-state index in [1.807, 2.05) is 0 Å². The van der Waals surface area contributed by atoms with Gasteiger partial charge in [0.15, 0.2) is 0 Å². The summed E-state index contributed by atoms with van der Waals surface area (Å²) in [6, 6.07) is 12.4. The van der Waals surface area contributed by atoms with Crippen LogP contribution in [0, 0.1) is 0 Å². The molecule has 128 valence electrons. The maximum absolute atomic E-state index is 12.6. The molecular formula is C17H17F3N2O2. The first kappa shape index (κ1) is 17.8. The van der Waals surface area contributed by atoms with E-state index in [-0.39, 0.29) is 12.2 Å². The highest BCUT2D eigenvalue weighted by molar-refractivity contribution is 5.89. The van der Waals surface area contributed by atoms with Crippen LogP contribution in [0.4, 0.5) is 23.7 Å². The van der Waals surface area contributed by atoms with Gasteiger partial charge in [-0.25, -0.2) is 4.79 Å². The second kappa shape index (κ2) is 6.92. The lowest BCUT2D eigenvalue weighted by Crippen LogP contribution is -2.40. The highest BCUT2D eigenvalue weighted by atomic mass is 19.4. The molecule has 0 aromatic heterocycles. The molecule has 0 saturated heterocycles. The number of rotatable bonds is 4. The Bertz CT molecular complexity index is 700. The van der Waals surface area contributed by atoms with Crippen LogP contribution in [0.25, 0.3) is 0 Å². The monoisotopic (exact) mass is 338 g/mol. The molecule has 0 unspecified atom stereocenters. The molecule has 2 rings (SSSR count). The molecule has 2 amide bonds. The van der Waals surface area contributed by atoms with Crippen molar-refractivity contribution in [2.24, 2.45) is 0 Å². The van der Waals surface area contributed by atoms with E-state index in [0.29, 0.717) is 5.56 Å². The minimum absolute atomic E-state index is 0.0154. The predicted molar refractivity (Wildman–Crippen MR) is 84.5 cm³/mol. The smallest absolute Gasteiger partial charge is 0.384 e. The maximum Gasteiger partial charge on any atom is 0.416 e. The Morgan fingerprint density at radius 3 is 2.29 bits per heavy atom. The molecule has 0 aliphatic heterocycles. The molecule has 0 aliphatic rings. The summed E-state index contributed by atoms with van der Waals surface area (Å²) in [4.78, 5) is 11.8. The van der Waals surface area contributed by atoms with Crippen molar-refractivity contribution in [3.05, 3.63) is 65.7 Å². The summed E-state index contributed by atoms with van der Waals surface area (Å²) in [5.74, 6) is 0. The number of nitrogens with one attached hydrogen (secondary N) is 2. The second-order valence-electron chi connectivity index (χ2n) is 5.53. The first-order chi connectivity index (χ1) is 11.2. The van der Waals surface area contributed by atoms with Gasteiger partial charge in [0, 0.05) is 5.69 Å². The molecule has 0 bridgehead atoms. The summed E-state index contributed by atoms with van der Waals surface area (Å²) in [5.41, 5.74) is -1.52. The summed E-state index contributed by atoms with van der Waals surface area (Å²) < 4.78 is 37.9. The molecule has 0 fully saturated rings. The van der Waals surface area contributed by atoms with Crippen LogP contribution in [0.2, 0.25) is 0 Å². The minimum atomic E-state index is -4.48. The number of anilines is 1. The lowest BCUT2D eigenvalue weighted by molar-refractivity contribution is -0.137. The van der Waals surface area contributed by atoms with E-state index in [9.17, 15) is 23.1 Å². The zero-order chi connectivity index (χ0) is 17.8. The van der Waals surface area contributed by atoms with Gasteiger partial charge < -0.3 is 15.7 Å². The van der Waals surface area contributed by atoms with Gasteiger partial charge in [-0.2, -0.15) is 13.2 Å². The van der Waals surface area contributed by atoms with E-state index in [2.05, 4.69) is 10.6 Å². The molecule has 7 heteroatoms. The number of carbonyl (C=O) groups is 1. The highest BCUT2D eigenvalue weighted by Gasteiger charge is 2.30. The van der Waals surface area contributed by atoms with E-state index < -0.39 is 23.4 Å². The lowest BCUT2D eigenvalue weighted by Gasteiger charge is -2.24. The summed E-state index contributed by atoms with van der Waals surface area (Å²) >= 11 is 0. The number of carbonyl (C=O) groups excluding carboxylic acids is 1. The largest absolute Gasteiger partial charge is 0.416 e. The van der Waals surface area contributed by atoms with Gasteiger partial charge in [0.25, 0.3) is 0 Å². The molecule has 3 N–H and O–H groups in total. The molecule has 24 heavy (non-hydrogen) atoms. The molecule has 0 radical (unpaired) electrons. The van der Waals surface area contributed by atoms with Crippen LogP contribution in [0.5, 0.6) is 0 Å². The highest BCUT2D eigenvalue weighted by Crippen LogP contribution is 2.30. The summed E-state index contributed by atoms with van der Waals surface area (Å²) in [6.45, 7) is 1.44. The third kappa shape index (κ3) is 4.73.